The van der Waals surface area contributed by atoms with Crippen molar-refractivity contribution in [3.63, 3.8) is 0 Å². The highest BCUT2D eigenvalue weighted by Gasteiger charge is 2.35. The average Bonchev–Trinajstić information content (AvgIpc) is 3.13. The van der Waals surface area contributed by atoms with E-state index in [1.54, 1.807) is 11.0 Å². The molecule has 0 radical (unpaired) electrons. The predicted molar refractivity (Wildman–Crippen MR) is 104 cm³/mol. The van der Waals surface area contributed by atoms with Crippen LogP contribution in [-0.2, 0) is 22.6 Å². The molecule has 2 aromatic carbocycles. The van der Waals surface area contributed by atoms with Crippen molar-refractivity contribution in [2.45, 2.75) is 31.9 Å². The number of halogens is 1. The van der Waals surface area contributed by atoms with E-state index in [0.717, 1.165) is 22.0 Å². The maximum Gasteiger partial charge on any atom is 0.410 e. The van der Waals surface area contributed by atoms with Gasteiger partial charge in [-0.15, -0.1) is 0 Å². The van der Waals surface area contributed by atoms with E-state index in [0.29, 0.717) is 18.7 Å². The van der Waals surface area contributed by atoms with E-state index in [9.17, 15) is 9.59 Å². The first-order valence-electron chi connectivity index (χ1n) is 8.58. The second kappa shape index (κ2) is 8.36. The summed E-state index contributed by atoms with van der Waals surface area (Å²) in [6.45, 7) is 0.744. The van der Waals surface area contributed by atoms with Gasteiger partial charge in [-0.1, -0.05) is 46.3 Å². The van der Waals surface area contributed by atoms with Crippen LogP contribution in [0.25, 0.3) is 0 Å². The summed E-state index contributed by atoms with van der Waals surface area (Å²) in [5.74, 6) is -0.0102. The number of likely N-dealkylation sites (tertiary alicyclic amines) is 1. The molecule has 1 saturated heterocycles. The second-order valence-electron chi connectivity index (χ2n) is 6.38. The number of rotatable bonds is 5. The molecule has 0 bridgehead atoms. The van der Waals surface area contributed by atoms with Gasteiger partial charge in [0.25, 0.3) is 0 Å². The molecule has 5 nitrogen and oxygen atoms in total. The van der Waals surface area contributed by atoms with Crippen LogP contribution in [0.15, 0.2) is 53.0 Å². The zero-order valence-corrected chi connectivity index (χ0v) is 15.9. The van der Waals surface area contributed by atoms with Crippen LogP contribution in [0.3, 0.4) is 0 Å². The Morgan fingerprint density at radius 2 is 1.96 bits per heavy atom. The SMILES string of the molecule is Nc1ccc(Br)cc1CC(=O)[C@@H]1CCCN1C(=O)OCc1ccccc1. The average molecular weight is 417 g/mol. The number of carbonyl (C=O) groups excluding carboxylic acids is 2. The molecule has 1 amide bonds. The Balaban J connectivity index is 1.62. The maximum absolute atomic E-state index is 12.7. The monoisotopic (exact) mass is 416 g/mol. The van der Waals surface area contributed by atoms with Crippen LogP contribution in [-0.4, -0.2) is 29.4 Å². The van der Waals surface area contributed by atoms with Gasteiger partial charge in [-0.25, -0.2) is 4.79 Å². The number of anilines is 1. The number of ketones is 1. The summed E-state index contributed by atoms with van der Waals surface area (Å²) < 4.78 is 6.26. The Bertz CT molecular complexity index is 795. The highest BCUT2D eigenvalue weighted by atomic mass is 79.9. The van der Waals surface area contributed by atoms with Crippen molar-refractivity contribution in [3.05, 3.63) is 64.1 Å². The molecule has 0 spiro atoms. The van der Waals surface area contributed by atoms with Crippen LogP contribution in [0.1, 0.15) is 24.0 Å². The highest BCUT2D eigenvalue weighted by molar-refractivity contribution is 9.10. The normalized spacial score (nSPS) is 16.5. The fourth-order valence-corrected chi connectivity index (χ4v) is 3.56. The molecule has 1 aliphatic rings. The fraction of sp³-hybridized carbons (Fsp3) is 0.300. The van der Waals surface area contributed by atoms with Gasteiger partial charge in [-0.3, -0.25) is 9.69 Å². The molecule has 2 N–H and O–H groups in total. The zero-order valence-electron chi connectivity index (χ0n) is 14.4. The highest BCUT2D eigenvalue weighted by Crippen LogP contribution is 2.24. The summed E-state index contributed by atoms with van der Waals surface area (Å²) in [6.07, 6.45) is 1.23. The molecule has 0 aliphatic carbocycles. The number of Topliss-reactive ketones (excluding diaryl/α,β-unsaturated/α-hetero) is 1. The first-order valence-corrected chi connectivity index (χ1v) is 9.38. The van der Waals surface area contributed by atoms with Crippen LogP contribution in [0.4, 0.5) is 10.5 Å². The van der Waals surface area contributed by atoms with Crippen LogP contribution in [0.2, 0.25) is 0 Å². The standard InChI is InChI=1S/C20H21BrN2O3/c21-16-8-9-17(22)15(11-16)12-19(24)18-7-4-10-23(18)20(25)26-13-14-5-2-1-3-6-14/h1-3,5-6,8-9,11,18H,4,7,10,12-13,22H2/t18-/m0/s1. The molecule has 136 valence electrons. The lowest BCUT2D eigenvalue weighted by atomic mass is 10.0. The van der Waals surface area contributed by atoms with Crippen molar-refractivity contribution in [1.29, 1.82) is 0 Å². The Hall–Kier alpha value is -2.34. The largest absolute Gasteiger partial charge is 0.445 e. The van der Waals surface area contributed by atoms with Crippen LogP contribution >= 0.6 is 15.9 Å². The Kier molecular flexibility index (Phi) is 5.93. The summed E-state index contributed by atoms with van der Waals surface area (Å²) >= 11 is 3.40. The van der Waals surface area contributed by atoms with Crippen molar-refractivity contribution in [1.82, 2.24) is 4.90 Å². The molecular formula is C20H21BrN2O3. The molecular weight excluding hydrogens is 396 g/mol. The van der Waals surface area contributed by atoms with Crippen molar-refractivity contribution in [3.8, 4) is 0 Å². The lowest BCUT2D eigenvalue weighted by molar-refractivity contribution is -0.122. The summed E-state index contributed by atoms with van der Waals surface area (Å²) in [5.41, 5.74) is 8.24. The molecule has 0 aromatic heterocycles. The summed E-state index contributed by atoms with van der Waals surface area (Å²) in [6, 6.07) is 14.5. The third kappa shape index (κ3) is 4.43. The minimum atomic E-state index is -0.448. The number of hydrogen-bond donors (Lipinski definition) is 1. The van der Waals surface area contributed by atoms with E-state index in [-0.39, 0.29) is 18.8 Å². The smallest absolute Gasteiger partial charge is 0.410 e. The van der Waals surface area contributed by atoms with Gasteiger partial charge in [0.1, 0.15) is 6.61 Å². The lowest BCUT2D eigenvalue weighted by Crippen LogP contribution is -2.41. The number of benzene rings is 2. The van der Waals surface area contributed by atoms with Crippen LogP contribution in [0.5, 0.6) is 0 Å². The van der Waals surface area contributed by atoms with Gasteiger partial charge in [-0.2, -0.15) is 0 Å². The van der Waals surface area contributed by atoms with Gasteiger partial charge < -0.3 is 10.5 Å². The Labute approximate surface area is 161 Å². The van der Waals surface area contributed by atoms with Crippen molar-refractivity contribution in [2.75, 3.05) is 12.3 Å². The van der Waals surface area contributed by atoms with Crippen LogP contribution in [0, 0.1) is 0 Å². The van der Waals surface area contributed by atoms with Gasteiger partial charge >= 0.3 is 6.09 Å². The number of ether oxygens (including phenoxy) is 1. The quantitative estimate of drug-likeness (QED) is 0.748. The summed E-state index contributed by atoms with van der Waals surface area (Å²) in [7, 11) is 0. The zero-order chi connectivity index (χ0) is 18.5. The molecule has 6 heteroatoms. The van der Waals surface area contributed by atoms with Gasteiger partial charge in [0.2, 0.25) is 0 Å². The molecule has 1 atom stereocenters. The molecule has 0 saturated carbocycles. The predicted octanol–water partition coefficient (Wildman–Crippen LogP) is 3.94. The minimum Gasteiger partial charge on any atom is -0.445 e. The topological polar surface area (TPSA) is 72.6 Å². The second-order valence-corrected chi connectivity index (χ2v) is 7.29. The van der Waals surface area contributed by atoms with Gasteiger partial charge in [0.15, 0.2) is 5.78 Å². The molecule has 1 fully saturated rings. The third-order valence-electron chi connectivity index (χ3n) is 4.53. The Morgan fingerprint density at radius 3 is 2.73 bits per heavy atom. The van der Waals surface area contributed by atoms with Gasteiger partial charge in [-0.05, 0) is 42.2 Å². The van der Waals surface area contributed by atoms with E-state index in [1.165, 1.54) is 0 Å². The fourth-order valence-electron chi connectivity index (χ4n) is 3.16. The number of amides is 1. The molecule has 3 rings (SSSR count). The number of carbonyl (C=O) groups is 2. The van der Waals surface area contributed by atoms with Gasteiger partial charge in [0, 0.05) is 23.1 Å². The summed E-state index contributed by atoms with van der Waals surface area (Å²) in [5, 5.41) is 0. The minimum absolute atomic E-state index is 0.0102. The number of nitrogens with zero attached hydrogens (tertiary/aromatic N) is 1. The van der Waals surface area contributed by atoms with Crippen molar-refractivity contribution < 1.29 is 14.3 Å². The Morgan fingerprint density at radius 1 is 1.19 bits per heavy atom. The number of nitrogen functional groups attached to an aromatic ring is 1. The third-order valence-corrected chi connectivity index (χ3v) is 5.03. The maximum atomic E-state index is 12.7. The van der Waals surface area contributed by atoms with E-state index in [2.05, 4.69) is 15.9 Å². The van der Waals surface area contributed by atoms with E-state index in [1.807, 2.05) is 42.5 Å². The van der Waals surface area contributed by atoms with Crippen molar-refractivity contribution in [2.24, 2.45) is 0 Å². The molecule has 0 unspecified atom stereocenters. The molecule has 26 heavy (non-hydrogen) atoms. The molecule has 1 heterocycles. The molecule has 1 aliphatic heterocycles. The van der Waals surface area contributed by atoms with Crippen molar-refractivity contribution >= 4 is 33.5 Å². The van der Waals surface area contributed by atoms with E-state index < -0.39 is 12.1 Å². The van der Waals surface area contributed by atoms with Gasteiger partial charge in [0.05, 0.1) is 6.04 Å². The molecule has 2 aromatic rings. The number of nitrogens with two attached hydrogens (primary N) is 1. The number of hydrogen-bond acceptors (Lipinski definition) is 4. The first-order chi connectivity index (χ1) is 12.5. The van der Waals surface area contributed by atoms with E-state index in [4.69, 9.17) is 10.5 Å². The van der Waals surface area contributed by atoms with Crippen LogP contribution < -0.4 is 5.73 Å². The summed E-state index contributed by atoms with van der Waals surface area (Å²) in [4.78, 5) is 26.7. The first kappa shape index (κ1) is 18.5. The lowest BCUT2D eigenvalue weighted by Gasteiger charge is -2.23. The van der Waals surface area contributed by atoms with E-state index >= 15 is 0 Å².